The summed E-state index contributed by atoms with van der Waals surface area (Å²) in [5.41, 5.74) is 1.19. The van der Waals surface area contributed by atoms with Crippen LogP contribution in [0.25, 0.3) is 0 Å². The van der Waals surface area contributed by atoms with Gasteiger partial charge in [0.2, 0.25) is 0 Å². The molecule has 0 bridgehead atoms. The molecule has 0 aliphatic carbocycles. The van der Waals surface area contributed by atoms with E-state index in [0.717, 1.165) is 36.2 Å². The van der Waals surface area contributed by atoms with Gasteiger partial charge in [0.15, 0.2) is 0 Å². The number of rotatable bonds is 6. The lowest BCUT2D eigenvalue weighted by Gasteiger charge is -2.09. The third-order valence-corrected chi connectivity index (χ3v) is 2.72. The molecule has 0 aromatic heterocycles. The fraction of sp³-hybridized carbons (Fsp3) is 0.500. The summed E-state index contributed by atoms with van der Waals surface area (Å²) >= 11 is 3.44. The highest BCUT2D eigenvalue weighted by atomic mass is 79.9. The monoisotopic (exact) mass is 271 g/mol. The Balaban J connectivity index is 2.33. The van der Waals surface area contributed by atoms with E-state index in [1.807, 2.05) is 19.2 Å². The van der Waals surface area contributed by atoms with Crippen molar-refractivity contribution in [3.8, 4) is 5.75 Å². The van der Waals surface area contributed by atoms with Crippen LogP contribution in [0.2, 0.25) is 0 Å². The molecule has 0 fully saturated rings. The third kappa shape index (κ3) is 4.67. The summed E-state index contributed by atoms with van der Waals surface area (Å²) in [6.45, 7) is 3.91. The van der Waals surface area contributed by atoms with Crippen molar-refractivity contribution in [3.05, 3.63) is 28.2 Å². The van der Waals surface area contributed by atoms with Gasteiger partial charge in [0.1, 0.15) is 5.75 Å². The van der Waals surface area contributed by atoms with Gasteiger partial charge in [-0.3, -0.25) is 0 Å². The molecule has 1 N–H and O–H groups in total. The number of aryl methyl sites for hydroxylation is 1. The normalized spacial score (nSPS) is 10.3. The first-order valence-corrected chi connectivity index (χ1v) is 6.07. The van der Waals surface area contributed by atoms with E-state index in [2.05, 4.69) is 34.2 Å². The fourth-order valence-corrected chi connectivity index (χ4v) is 1.66. The molecule has 3 heteroatoms. The highest BCUT2D eigenvalue weighted by Gasteiger charge is 1.99. The quantitative estimate of drug-likeness (QED) is 0.803. The average molecular weight is 272 g/mol. The van der Waals surface area contributed by atoms with Crippen molar-refractivity contribution in [2.24, 2.45) is 0 Å². The number of nitrogens with one attached hydrogen (secondary N) is 1. The first kappa shape index (κ1) is 12.5. The smallest absolute Gasteiger partial charge is 0.123 e. The molecule has 0 saturated heterocycles. The Kier molecular flexibility index (Phi) is 5.73. The Morgan fingerprint density at radius 1 is 1.33 bits per heavy atom. The van der Waals surface area contributed by atoms with Crippen LogP contribution in [0.5, 0.6) is 5.75 Å². The number of unbranched alkanes of at least 4 members (excludes halogenated alkanes) is 1. The van der Waals surface area contributed by atoms with Gasteiger partial charge in [0.25, 0.3) is 0 Å². The Morgan fingerprint density at radius 3 is 2.87 bits per heavy atom. The Labute approximate surface area is 100 Å². The van der Waals surface area contributed by atoms with Gasteiger partial charge < -0.3 is 10.1 Å². The predicted molar refractivity (Wildman–Crippen MR) is 67.5 cm³/mol. The summed E-state index contributed by atoms with van der Waals surface area (Å²) < 4.78 is 6.77. The lowest BCUT2D eigenvalue weighted by molar-refractivity contribution is 0.304. The maximum absolute atomic E-state index is 5.71. The Bertz CT molecular complexity index is 302. The van der Waals surface area contributed by atoms with Crippen molar-refractivity contribution in [1.82, 2.24) is 5.32 Å². The second-order valence-corrected chi connectivity index (χ2v) is 4.48. The lowest BCUT2D eigenvalue weighted by Crippen LogP contribution is -2.09. The number of hydrogen-bond donors (Lipinski definition) is 1. The summed E-state index contributed by atoms with van der Waals surface area (Å²) in [6, 6.07) is 6.11. The van der Waals surface area contributed by atoms with Gasteiger partial charge in [-0.15, -0.1) is 0 Å². The van der Waals surface area contributed by atoms with Gasteiger partial charge in [0.05, 0.1) is 6.61 Å². The molecule has 1 rings (SSSR count). The van der Waals surface area contributed by atoms with Crippen molar-refractivity contribution in [2.75, 3.05) is 20.2 Å². The highest BCUT2D eigenvalue weighted by molar-refractivity contribution is 9.10. The molecule has 0 spiro atoms. The van der Waals surface area contributed by atoms with Gasteiger partial charge in [-0.2, -0.15) is 0 Å². The zero-order valence-electron chi connectivity index (χ0n) is 9.35. The van der Waals surface area contributed by atoms with Crippen LogP contribution in [0.3, 0.4) is 0 Å². The molecule has 0 amide bonds. The first-order valence-electron chi connectivity index (χ1n) is 5.27. The number of ether oxygens (including phenoxy) is 1. The van der Waals surface area contributed by atoms with Crippen molar-refractivity contribution in [1.29, 1.82) is 0 Å². The standard InChI is InChI=1S/C12H18BrNO/c1-10-5-6-11(13)9-12(10)15-8-4-3-7-14-2/h5-6,9,14H,3-4,7-8H2,1-2H3. The average Bonchev–Trinajstić information content (AvgIpc) is 2.23. The molecule has 15 heavy (non-hydrogen) atoms. The Hall–Kier alpha value is -0.540. The van der Waals surface area contributed by atoms with Crippen LogP contribution in [-0.4, -0.2) is 20.2 Å². The molecule has 1 aromatic carbocycles. The molecule has 0 saturated carbocycles. The minimum atomic E-state index is 0.791. The molecule has 0 heterocycles. The van der Waals surface area contributed by atoms with E-state index in [1.54, 1.807) is 0 Å². The van der Waals surface area contributed by atoms with E-state index >= 15 is 0 Å². The summed E-state index contributed by atoms with van der Waals surface area (Å²) in [5.74, 6) is 0.980. The molecule has 0 aliphatic heterocycles. The van der Waals surface area contributed by atoms with E-state index in [1.165, 1.54) is 5.56 Å². The molecule has 0 atom stereocenters. The number of benzene rings is 1. The van der Waals surface area contributed by atoms with E-state index in [-0.39, 0.29) is 0 Å². The molecule has 0 aliphatic rings. The minimum absolute atomic E-state index is 0.791. The maximum Gasteiger partial charge on any atom is 0.123 e. The number of halogens is 1. The van der Waals surface area contributed by atoms with Crippen molar-refractivity contribution in [2.45, 2.75) is 19.8 Å². The summed E-state index contributed by atoms with van der Waals surface area (Å²) in [7, 11) is 1.97. The molecular formula is C12H18BrNO. The zero-order valence-corrected chi connectivity index (χ0v) is 10.9. The molecule has 0 unspecified atom stereocenters. The van der Waals surface area contributed by atoms with Crippen molar-refractivity contribution >= 4 is 15.9 Å². The SMILES string of the molecule is CNCCCCOc1cc(Br)ccc1C. The van der Waals surface area contributed by atoms with Gasteiger partial charge in [-0.1, -0.05) is 22.0 Å². The van der Waals surface area contributed by atoms with Crippen LogP contribution in [0.1, 0.15) is 18.4 Å². The summed E-state index contributed by atoms with van der Waals surface area (Å²) in [6.07, 6.45) is 2.25. The van der Waals surface area contributed by atoms with E-state index in [9.17, 15) is 0 Å². The second kappa shape index (κ2) is 6.85. The topological polar surface area (TPSA) is 21.3 Å². The van der Waals surface area contributed by atoms with Crippen LogP contribution in [-0.2, 0) is 0 Å². The van der Waals surface area contributed by atoms with Crippen LogP contribution >= 0.6 is 15.9 Å². The largest absolute Gasteiger partial charge is 0.493 e. The second-order valence-electron chi connectivity index (χ2n) is 3.57. The maximum atomic E-state index is 5.71. The molecule has 1 aromatic rings. The molecular weight excluding hydrogens is 254 g/mol. The predicted octanol–water partition coefficient (Wildman–Crippen LogP) is 3.14. The van der Waals surface area contributed by atoms with E-state index in [0.29, 0.717) is 0 Å². The van der Waals surface area contributed by atoms with E-state index in [4.69, 9.17) is 4.74 Å². The summed E-state index contributed by atoms with van der Waals surface area (Å²) in [5, 5.41) is 3.12. The molecule has 2 nitrogen and oxygen atoms in total. The zero-order chi connectivity index (χ0) is 11.1. The Morgan fingerprint density at radius 2 is 2.13 bits per heavy atom. The van der Waals surface area contributed by atoms with Gasteiger partial charge in [-0.05, 0) is 51.1 Å². The minimum Gasteiger partial charge on any atom is -0.493 e. The number of hydrogen-bond acceptors (Lipinski definition) is 2. The van der Waals surface area contributed by atoms with Crippen LogP contribution in [0, 0.1) is 6.92 Å². The van der Waals surface area contributed by atoms with Gasteiger partial charge in [0, 0.05) is 4.47 Å². The highest BCUT2D eigenvalue weighted by Crippen LogP contribution is 2.22. The first-order chi connectivity index (χ1) is 7.24. The van der Waals surface area contributed by atoms with Crippen molar-refractivity contribution < 1.29 is 4.74 Å². The summed E-state index contributed by atoms with van der Waals surface area (Å²) in [4.78, 5) is 0. The van der Waals surface area contributed by atoms with E-state index < -0.39 is 0 Å². The fourth-order valence-electron chi connectivity index (χ4n) is 1.32. The molecule has 0 radical (unpaired) electrons. The van der Waals surface area contributed by atoms with Gasteiger partial charge in [-0.25, -0.2) is 0 Å². The lowest BCUT2D eigenvalue weighted by atomic mass is 10.2. The van der Waals surface area contributed by atoms with Gasteiger partial charge >= 0.3 is 0 Å². The van der Waals surface area contributed by atoms with Crippen LogP contribution in [0.4, 0.5) is 0 Å². The molecule has 84 valence electrons. The third-order valence-electron chi connectivity index (χ3n) is 2.23. The van der Waals surface area contributed by atoms with Crippen molar-refractivity contribution in [3.63, 3.8) is 0 Å². The van der Waals surface area contributed by atoms with Crippen LogP contribution < -0.4 is 10.1 Å². The van der Waals surface area contributed by atoms with Crippen LogP contribution in [0.15, 0.2) is 22.7 Å².